The number of aromatic amines is 1. The van der Waals surface area contributed by atoms with Gasteiger partial charge in [-0.25, -0.2) is 13.4 Å². The van der Waals surface area contributed by atoms with Gasteiger partial charge in [-0.15, -0.1) is 0 Å². The van der Waals surface area contributed by atoms with Crippen LogP contribution in [0.5, 0.6) is 0 Å². The molecular formula is C14H15ClN4O3S. The molecule has 1 N–H and O–H groups in total. The average molecular weight is 355 g/mol. The Bertz CT molecular complexity index is 910. The van der Waals surface area contributed by atoms with Crippen LogP contribution in [-0.2, 0) is 29.3 Å². The molecule has 0 aliphatic carbocycles. The van der Waals surface area contributed by atoms with Gasteiger partial charge in [0.2, 0.25) is 15.0 Å². The second kappa shape index (κ2) is 6.03. The zero-order valence-electron chi connectivity index (χ0n) is 12.4. The van der Waals surface area contributed by atoms with Crippen LogP contribution in [0.1, 0.15) is 16.8 Å². The molecule has 0 spiro atoms. The van der Waals surface area contributed by atoms with Crippen molar-refractivity contribution in [3.8, 4) is 0 Å². The molecular weight excluding hydrogens is 340 g/mol. The van der Waals surface area contributed by atoms with Gasteiger partial charge in [0.05, 0.1) is 16.3 Å². The molecule has 2 aromatic heterocycles. The molecule has 1 aliphatic rings. The van der Waals surface area contributed by atoms with E-state index in [2.05, 4.69) is 19.9 Å². The van der Waals surface area contributed by atoms with Crippen LogP contribution < -0.4 is 5.56 Å². The molecule has 0 unspecified atom stereocenters. The highest BCUT2D eigenvalue weighted by atomic mass is 35.5. The van der Waals surface area contributed by atoms with Crippen molar-refractivity contribution < 1.29 is 8.42 Å². The van der Waals surface area contributed by atoms with Gasteiger partial charge in [-0.05, 0) is 11.6 Å². The van der Waals surface area contributed by atoms with Gasteiger partial charge in [0, 0.05) is 44.7 Å². The maximum atomic E-state index is 12.2. The molecule has 0 aromatic carbocycles. The molecule has 7 nitrogen and oxygen atoms in total. The normalized spacial score (nSPS) is 15.4. The number of pyridine rings is 1. The summed E-state index contributed by atoms with van der Waals surface area (Å²) < 4.78 is 23.1. The van der Waals surface area contributed by atoms with Gasteiger partial charge in [0.1, 0.15) is 0 Å². The largest absolute Gasteiger partial charge is 0.297 e. The number of hydrogen-bond acceptors (Lipinski definition) is 6. The van der Waals surface area contributed by atoms with E-state index >= 15 is 0 Å². The number of rotatable bonds is 3. The first-order chi connectivity index (χ1) is 10.8. The lowest BCUT2D eigenvalue weighted by atomic mass is 10.1. The predicted octanol–water partition coefficient (Wildman–Crippen LogP) is 0.780. The van der Waals surface area contributed by atoms with Crippen molar-refractivity contribution in [1.29, 1.82) is 0 Å². The van der Waals surface area contributed by atoms with E-state index in [4.69, 9.17) is 11.6 Å². The summed E-state index contributed by atoms with van der Waals surface area (Å²) in [6, 6.07) is 1.83. The highest BCUT2D eigenvalue weighted by Gasteiger charge is 2.23. The summed E-state index contributed by atoms with van der Waals surface area (Å²) in [7, 11) is -3.53. The minimum atomic E-state index is -3.53. The first-order valence-electron chi connectivity index (χ1n) is 6.97. The van der Waals surface area contributed by atoms with Crippen molar-refractivity contribution in [2.75, 3.05) is 12.8 Å². The minimum Gasteiger partial charge on any atom is -0.297 e. The standard InChI is InChI=1S/C14H15ClN4O3S/c1-23(21,22)14-17-12-2-3-19(8-11(12)13(20)18-14)7-9-4-10(15)6-16-5-9/h4-6H,2-3,7-8H2,1H3,(H,17,18,20). The number of halogens is 1. The Balaban J connectivity index is 1.85. The summed E-state index contributed by atoms with van der Waals surface area (Å²) in [5, 5.41) is 0.297. The number of H-pyrrole nitrogens is 1. The van der Waals surface area contributed by atoms with Crippen LogP contribution in [0.2, 0.25) is 5.02 Å². The number of nitrogens with zero attached hydrogens (tertiary/aromatic N) is 3. The Morgan fingerprint density at radius 2 is 2.17 bits per heavy atom. The summed E-state index contributed by atoms with van der Waals surface area (Å²) in [4.78, 5) is 24.7. The topological polar surface area (TPSA) is 96.0 Å². The first kappa shape index (κ1) is 16.1. The molecule has 3 rings (SSSR count). The SMILES string of the molecule is CS(=O)(=O)c1nc2c(c(=O)[nH]1)CN(Cc1cncc(Cl)c1)CC2. The molecule has 0 bridgehead atoms. The maximum absolute atomic E-state index is 12.2. The Hall–Kier alpha value is -1.77. The lowest BCUT2D eigenvalue weighted by molar-refractivity contribution is 0.240. The van der Waals surface area contributed by atoms with Gasteiger partial charge in [-0.2, -0.15) is 0 Å². The fraction of sp³-hybridized carbons (Fsp3) is 0.357. The van der Waals surface area contributed by atoms with Gasteiger partial charge in [-0.3, -0.25) is 19.7 Å². The van der Waals surface area contributed by atoms with E-state index in [1.165, 1.54) is 0 Å². The molecule has 0 atom stereocenters. The highest BCUT2D eigenvalue weighted by molar-refractivity contribution is 7.90. The van der Waals surface area contributed by atoms with E-state index in [0.29, 0.717) is 42.3 Å². The molecule has 2 aromatic rings. The molecule has 0 saturated heterocycles. The molecule has 1 aliphatic heterocycles. The van der Waals surface area contributed by atoms with Crippen LogP contribution in [0.25, 0.3) is 0 Å². The quantitative estimate of drug-likeness (QED) is 0.818. The lowest BCUT2D eigenvalue weighted by Gasteiger charge is -2.27. The van der Waals surface area contributed by atoms with Gasteiger partial charge in [0.25, 0.3) is 5.56 Å². The van der Waals surface area contributed by atoms with Gasteiger partial charge in [0.15, 0.2) is 0 Å². The summed E-state index contributed by atoms with van der Waals surface area (Å²) >= 11 is 5.93. The van der Waals surface area contributed by atoms with E-state index in [-0.39, 0.29) is 5.16 Å². The number of nitrogens with one attached hydrogen (secondary N) is 1. The van der Waals surface area contributed by atoms with Crippen LogP contribution >= 0.6 is 11.6 Å². The van der Waals surface area contributed by atoms with Crippen LogP contribution in [-0.4, -0.2) is 41.1 Å². The van der Waals surface area contributed by atoms with E-state index in [9.17, 15) is 13.2 Å². The smallest absolute Gasteiger partial charge is 0.256 e. The monoisotopic (exact) mass is 354 g/mol. The van der Waals surface area contributed by atoms with Crippen molar-refractivity contribution in [3.63, 3.8) is 0 Å². The third kappa shape index (κ3) is 3.60. The zero-order valence-corrected chi connectivity index (χ0v) is 14.0. The summed E-state index contributed by atoms with van der Waals surface area (Å²) in [5.74, 6) is 0. The third-order valence-corrected chi connectivity index (χ3v) is 4.75. The van der Waals surface area contributed by atoms with Crippen molar-refractivity contribution >= 4 is 21.4 Å². The Morgan fingerprint density at radius 3 is 2.87 bits per heavy atom. The molecule has 0 fully saturated rings. The van der Waals surface area contributed by atoms with E-state index < -0.39 is 15.4 Å². The number of aromatic nitrogens is 3. The molecule has 3 heterocycles. The van der Waals surface area contributed by atoms with Gasteiger partial charge in [-0.1, -0.05) is 11.6 Å². The fourth-order valence-electron chi connectivity index (χ4n) is 2.57. The number of sulfone groups is 1. The van der Waals surface area contributed by atoms with Crippen LogP contribution in [0, 0.1) is 0 Å². The molecule has 0 amide bonds. The summed E-state index contributed by atoms with van der Waals surface area (Å²) in [5.41, 5.74) is 1.62. The van der Waals surface area contributed by atoms with Crippen molar-refractivity contribution in [1.82, 2.24) is 19.9 Å². The van der Waals surface area contributed by atoms with Gasteiger partial charge >= 0.3 is 0 Å². The number of hydrogen-bond donors (Lipinski definition) is 1. The maximum Gasteiger partial charge on any atom is 0.256 e. The van der Waals surface area contributed by atoms with E-state index in [0.717, 1.165) is 11.8 Å². The van der Waals surface area contributed by atoms with E-state index in [1.807, 2.05) is 6.07 Å². The van der Waals surface area contributed by atoms with Crippen LogP contribution in [0.3, 0.4) is 0 Å². The van der Waals surface area contributed by atoms with Crippen LogP contribution in [0.4, 0.5) is 0 Å². The Labute approximate surface area is 138 Å². The lowest BCUT2D eigenvalue weighted by Crippen LogP contribution is -2.36. The molecule has 0 saturated carbocycles. The van der Waals surface area contributed by atoms with E-state index in [1.54, 1.807) is 12.4 Å². The highest BCUT2D eigenvalue weighted by Crippen LogP contribution is 2.18. The van der Waals surface area contributed by atoms with Crippen molar-refractivity contribution in [2.24, 2.45) is 0 Å². The average Bonchev–Trinajstić information content (AvgIpc) is 2.47. The second-order valence-electron chi connectivity index (χ2n) is 5.54. The number of fused-ring (bicyclic) bond motifs is 1. The first-order valence-corrected chi connectivity index (χ1v) is 9.24. The van der Waals surface area contributed by atoms with Crippen molar-refractivity contribution in [2.45, 2.75) is 24.7 Å². The minimum absolute atomic E-state index is 0.270. The fourth-order valence-corrected chi connectivity index (χ4v) is 3.32. The molecule has 23 heavy (non-hydrogen) atoms. The second-order valence-corrected chi connectivity index (χ2v) is 7.91. The van der Waals surface area contributed by atoms with Crippen LogP contribution in [0.15, 0.2) is 28.4 Å². The zero-order chi connectivity index (χ0) is 16.6. The summed E-state index contributed by atoms with van der Waals surface area (Å²) in [6.45, 7) is 1.70. The Kier molecular flexibility index (Phi) is 4.22. The predicted molar refractivity (Wildman–Crippen MR) is 85.0 cm³/mol. The molecule has 0 radical (unpaired) electrons. The molecule has 9 heteroatoms. The van der Waals surface area contributed by atoms with Crippen molar-refractivity contribution in [3.05, 3.63) is 50.7 Å². The third-order valence-electron chi connectivity index (χ3n) is 3.64. The molecule has 122 valence electrons. The van der Waals surface area contributed by atoms with Gasteiger partial charge < -0.3 is 0 Å². The Morgan fingerprint density at radius 1 is 1.39 bits per heavy atom. The summed E-state index contributed by atoms with van der Waals surface area (Å²) in [6.07, 6.45) is 4.85.